The molecule has 25 heavy (non-hydrogen) atoms. The lowest BCUT2D eigenvalue weighted by molar-refractivity contribution is 0.0449. The van der Waals surface area contributed by atoms with E-state index in [1.807, 2.05) is 58.2 Å². The first kappa shape index (κ1) is 19.5. The highest BCUT2D eigenvalue weighted by Gasteiger charge is 2.32. The number of carbonyl (C=O) groups is 1. The van der Waals surface area contributed by atoms with Gasteiger partial charge in [0, 0.05) is 23.3 Å². The largest absolute Gasteiger partial charge is 0.444 e. The summed E-state index contributed by atoms with van der Waals surface area (Å²) in [5.74, 6) is 0.979. The summed E-state index contributed by atoms with van der Waals surface area (Å²) in [5.41, 5.74) is -0.203. The van der Waals surface area contributed by atoms with Crippen LogP contribution in [0.5, 0.6) is 0 Å². The van der Waals surface area contributed by atoms with Crippen molar-refractivity contribution in [1.29, 1.82) is 0 Å². The molecular weight excluding hydrogens is 382 g/mol. The van der Waals surface area contributed by atoms with Crippen molar-refractivity contribution in [2.75, 3.05) is 0 Å². The van der Waals surface area contributed by atoms with E-state index in [9.17, 15) is 4.79 Å². The number of benzene rings is 1. The zero-order valence-electron chi connectivity index (χ0n) is 15.5. The summed E-state index contributed by atoms with van der Waals surface area (Å²) in [6.07, 6.45) is 4.11. The second kappa shape index (κ2) is 7.60. The molecule has 6 heteroatoms. The molecule has 136 valence electrons. The average Bonchev–Trinajstić information content (AvgIpc) is 2.91. The molecule has 0 aliphatic heterocycles. The minimum atomic E-state index is -0.642. The van der Waals surface area contributed by atoms with Crippen molar-refractivity contribution in [3.8, 4) is 0 Å². The molecule has 0 saturated heterocycles. The number of nitrogens with one attached hydrogen (secondary N) is 1. The summed E-state index contributed by atoms with van der Waals surface area (Å²) >= 11 is 3.51. The number of ether oxygens (including phenoxy) is 1. The van der Waals surface area contributed by atoms with Gasteiger partial charge in [0.25, 0.3) is 0 Å². The van der Waals surface area contributed by atoms with Crippen LogP contribution in [0.25, 0.3) is 0 Å². The normalized spacial score (nSPS) is 14.0. The molecule has 2 aromatic rings. The first-order chi connectivity index (χ1) is 11.6. The molecule has 0 aliphatic rings. The predicted molar refractivity (Wildman–Crippen MR) is 102 cm³/mol. The van der Waals surface area contributed by atoms with E-state index in [4.69, 9.17) is 4.74 Å². The van der Waals surface area contributed by atoms with Gasteiger partial charge >= 0.3 is 6.09 Å². The number of nitrogens with zero attached hydrogens (tertiary/aromatic N) is 2. The van der Waals surface area contributed by atoms with Crippen molar-refractivity contribution in [2.45, 2.75) is 58.7 Å². The van der Waals surface area contributed by atoms with Gasteiger partial charge in [0.15, 0.2) is 0 Å². The fourth-order valence-electron chi connectivity index (χ4n) is 2.70. The van der Waals surface area contributed by atoms with Gasteiger partial charge in [-0.25, -0.2) is 9.78 Å². The summed E-state index contributed by atoms with van der Waals surface area (Å²) in [7, 11) is 0. The lowest BCUT2D eigenvalue weighted by Gasteiger charge is -2.33. The van der Waals surface area contributed by atoms with Crippen LogP contribution in [-0.2, 0) is 23.2 Å². The van der Waals surface area contributed by atoms with Crippen molar-refractivity contribution in [3.63, 3.8) is 0 Å². The summed E-state index contributed by atoms with van der Waals surface area (Å²) in [6, 6.07) is 7.94. The fourth-order valence-corrected chi connectivity index (χ4v) is 3.10. The molecule has 1 N–H and O–H groups in total. The van der Waals surface area contributed by atoms with E-state index in [0.717, 1.165) is 22.3 Å². The van der Waals surface area contributed by atoms with Crippen LogP contribution in [-0.4, -0.2) is 21.2 Å². The van der Waals surface area contributed by atoms with E-state index >= 15 is 0 Å². The molecule has 1 aromatic carbocycles. The van der Waals surface area contributed by atoms with Crippen molar-refractivity contribution < 1.29 is 9.53 Å². The number of imidazole rings is 1. The topological polar surface area (TPSA) is 56.2 Å². The average molecular weight is 408 g/mol. The number of hydrogen-bond acceptors (Lipinski definition) is 3. The first-order valence-corrected chi connectivity index (χ1v) is 9.19. The number of hydrogen-bond donors (Lipinski definition) is 1. The minimum absolute atomic E-state index is 0.437. The summed E-state index contributed by atoms with van der Waals surface area (Å²) in [4.78, 5) is 16.8. The summed E-state index contributed by atoms with van der Waals surface area (Å²) in [6.45, 7) is 10.2. The molecule has 0 fully saturated rings. The molecule has 0 radical (unpaired) electrons. The van der Waals surface area contributed by atoms with Gasteiger partial charge in [-0.3, -0.25) is 0 Å². The standard InChI is InChI=1S/C19H26BrN3O2/c1-6-16-21-10-11-23(16)13-19(5,14-8-7-9-15(20)12-14)22-17(24)25-18(2,3)4/h7-12H,6,13H2,1-5H3,(H,22,24). The Morgan fingerprint density at radius 3 is 2.64 bits per heavy atom. The Morgan fingerprint density at radius 2 is 2.04 bits per heavy atom. The van der Waals surface area contributed by atoms with Crippen LogP contribution < -0.4 is 5.32 Å². The van der Waals surface area contributed by atoms with Gasteiger partial charge in [-0.1, -0.05) is 35.0 Å². The highest BCUT2D eigenvalue weighted by Crippen LogP contribution is 2.27. The quantitative estimate of drug-likeness (QED) is 0.784. The van der Waals surface area contributed by atoms with Gasteiger partial charge in [-0.15, -0.1) is 0 Å². The van der Waals surface area contributed by atoms with Gasteiger partial charge in [-0.05, 0) is 45.4 Å². The molecule has 5 nitrogen and oxygen atoms in total. The molecule has 1 heterocycles. The summed E-state index contributed by atoms with van der Waals surface area (Å²) < 4.78 is 8.50. The Kier molecular flexibility index (Phi) is 5.93. The van der Waals surface area contributed by atoms with Crippen molar-refractivity contribution in [2.24, 2.45) is 0 Å². The number of carbonyl (C=O) groups excluding carboxylic acids is 1. The molecule has 1 amide bonds. The zero-order chi connectivity index (χ0) is 18.7. The maximum atomic E-state index is 12.4. The highest BCUT2D eigenvalue weighted by molar-refractivity contribution is 9.10. The molecule has 2 rings (SSSR count). The number of aryl methyl sites for hydroxylation is 1. The van der Waals surface area contributed by atoms with E-state index in [2.05, 4.69) is 37.7 Å². The molecule has 0 saturated carbocycles. The maximum absolute atomic E-state index is 12.4. The molecule has 0 spiro atoms. The lowest BCUT2D eigenvalue weighted by Crippen LogP contribution is -2.48. The maximum Gasteiger partial charge on any atom is 0.408 e. The van der Waals surface area contributed by atoms with Crippen molar-refractivity contribution in [1.82, 2.24) is 14.9 Å². The molecule has 1 atom stereocenters. The van der Waals surface area contributed by atoms with Crippen molar-refractivity contribution in [3.05, 3.63) is 52.5 Å². The summed E-state index contributed by atoms with van der Waals surface area (Å²) in [5, 5.41) is 3.05. The van der Waals surface area contributed by atoms with Crippen LogP contribution in [0, 0.1) is 0 Å². The van der Waals surface area contributed by atoms with Gasteiger partial charge in [0.2, 0.25) is 0 Å². The lowest BCUT2D eigenvalue weighted by atomic mass is 9.91. The molecule has 1 aromatic heterocycles. The van der Waals surface area contributed by atoms with Crippen LogP contribution in [0.4, 0.5) is 4.79 Å². The zero-order valence-corrected chi connectivity index (χ0v) is 17.1. The second-order valence-corrected chi connectivity index (χ2v) is 8.21. The van der Waals surface area contributed by atoms with Gasteiger partial charge in [0.05, 0.1) is 12.1 Å². The first-order valence-electron chi connectivity index (χ1n) is 8.40. The molecule has 1 unspecified atom stereocenters. The smallest absolute Gasteiger partial charge is 0.408 e. The number of rotatable bonds is 5. The fraction of sp³-hybridized carbons (Fsp3) is 0.474. The highest BCUT2D eigenvalue weighted by atomic mass is 79.9. The van der Waals surface area contributed by atoms with E-state index in [1.165, 1.54) is 0 Å². The van der Waals surface area contributed by atoms with E-state index in [-0.39, 0.29) is 0 Å². The third-order valence-electron chi connectivity index (χ3n) is 3.84. The second-order valence-electron chi connectivity index (χ2n) is 7.29. The minimum Gasteiger partial charge on any atom is -0.444 e. The molecule has 0 aliphatic carbocycles. The monoisotopic (exact) mass is 407 g/mol. The third-order valence-corrected chi connectivity index (χ3v) is 4.34. The van der Waals surface area contributed by atoms with Gasteiger partial charge in [-0.2, -0.15) is 0 Å². The van der Waals surface area contributed by atoms with Crippen LogP contribution in [0.3, 0.4) is 0 Å². The Bertz CT molecular complexity index is 736. The predicted octanol–water partition coefficient (Wildman–Crippen LogP) is 4.65. The van der Waals surface area contributed by atoms with Gasteiger partial charge < -0.3 is 14.6 Å². The van der Waals surface area contributed by atoms with E-state index in [0.29, 0.717) is 6.54 Å². The van der Waals surface area contributed by atoms with E-state index < -0.39 is 17.2 Å². The van der Waals surface area contributed by atoms with Crippen LogP contribution in [0.15, 0.2) is 41.1 Å². The SMILES string of the molecule is CCc1nccn1CC(C)(NC(=O)OC(C)(C)C)c1cccc(Br)c1. The van der Waals surface area contributed by atoms with Crippen LogP contribution in [0.2, 0.25) is 0 Å². The van der Waals surface area contributed by atoms with Gasteiger partial charge in [0.1, 0.15) is 11.4 Å². The van der Waals surface area contributed by atoms with Crippen LogP contribution in [0.1, 0.15) is 46.0 Å². The Balaban J connectivity index is 2.35. The number of halogens is 1. The Morgan fingerprint density at radius 1 is 1.32 bits per heavy atom. The van der Waals surface area contributed by atoms with Crippen molar-refractivity contribution >= 4 is 22.0 Å². The van der Waals surface area contributed by atoms with Crippen LogP contribution >= 0.6 is 15.9 Å². The number of aromatic nitrogens is 2. The third kappa shape index (κ3) is 5.33. The van der Waals surface area contributed by atoms with E-state index in [1.54, 1.807) is 6.20 Å². The molecular formula is C19H26BrN3O2. The Labute approximate surface area is 157 Å². The number of alkyl carbamates (subject to hydrolysis) is 1. The Hall–Kier alpha value is -1.82. The molecule has 0 bridgehead atoms. The number of amides is 1.